The lowest BCUT2D eigenvalue weighted by atomic mass is 9.92. The number of piperidine rings is 1. The summed E-state index contributed by atoms with van der Waals surface area (Å²) >= 11 is 0. The number of nitrogens with one attached hydrogen (secondary N) is 3. The first-order valence-corrected chi connectivity index (χ1v) is 11.1. The Morgan fingerprint density at radius 3 is 2.59 bits per heavy atom. The number of rotatable bonds is 4. The van der Waals surface area contributed by atoms with Crippen LogP contribution >= 0.6 is 0 Å². The maximum absolute atomic E-state index is 13.1. The fraction of sp³-hybridized carbons (Fsp3) is 0.409. The van der Waals surface area contributed by atoms with Crippen LogP contribution in [0.3, 0.4) is 0 Å². The standard InChI is InChI=1S/C22H24N6O6/c23-18(30)11-3-5-28(6-4-11)22-26-19-17(21(32)27-22)13(10-16(29)25-19)20(31)24-12-1-2-14-15(9-12)34-8-7-33-14/h1-2,9,11,13H,3-8,10H2,(H2,23,30)(H,24,31)(H2,25,26,27,29,32). The number of aromatic nitrogens is 2. The van der Waals surface area contributed by atoms with Crippen molar-refractivity contribution in [3.63, 3.8) is 0 Å². The van der Waals surface area contributed by atoms with Crippen molar-refractivity contribution in [1.29, 1.82) is 0 Å². The van der Waals surface area contributed by atoms with Gasteiger partial charge >= 0.3 is 0 Å². The largest absolute Gasteiger partial charge is 0.486 e. The number of carbonyl (C=O) groups excluding carboxylic acids is 3. The number of hydrogen-bond acceptors (Lipinski definition) is 8. The molecule has 4 heterocycles. The van der Waals surface area contributed by atoms with Crippen LogP contribution in [-0.2, 0) is 14.4 Å². The molecule has 1 unspecified atom stereocenters. The van der Waals surface area contributed by atoms with Crippen LogP contribution in [0, 0.1) is 5.92 Å². The van der Waals surface area contributed by atoms with E-state index < -0.39 is 23.3 Å². The van der Waals surface area contributed by atoms with Crippen LogP contribution in [0.5, 0.6) is 11.5 Å². The second-order valence-electron chi connectivity index (χ2n) is 8.47. The topological polar surface area (TPSA) is 169 Å². The SMILES string of the molecule is NC(=O)C1CCN(c2nc3c(c(=O)[nH]2)C(C(=O)Nc2ccc4c(c2)OCCO4)CC(=O)N3)CC1. The summed E-state index contributed by atoms with van der Waals surface area (Å²) in [7, 11) is 0. The minimum absolute atomic E-state index is 0.0642. The zero-order chi connectivity index (χ0) is 23.8. The van der Waals surface area contributed by atoms with Crippen LogP contribution in [-0.4, -0.2) is 54.0 Å². The third-order valence-corrected chi connectivity index (χ3v) is 6.26. The molecule has 0 spiro atoms. The number of fused-ring (bicyclic) bond motifs is 2. The van der Waals surface area contributed by atoms with Gasteiger partial charge in [0.2, 0.25) is 23.7 Å². The molecule has 3 amide bonds. The highest BCUT2D eigenvalue weighted by Gasteiger charge is 2.35. The summed E-state index contributed by atoms with van der Waals surface area (Å²) in [5.74, 6) is -1.05. The van der Waals surface area contributed by atoms with Crippen molar-refractivity contribution < 1.29 is 23.9 Å². The Labute approximate surface area is 193 Å². The normalized spacial score (nSPS) is 19.7. The molecule has 12 nitrogen and oxygen atoms in total. The van der Waals surface area contributed by atoms with E-state index in [9.17, 15) is 19.2 Å². The Kier molecular flexibility index (Phi) is 5.56. The van der Waals surface area contributed by atoms with Crippen molar-refractivity contribution in [2.75, 3.05) is 41.8 Å². The van der Waals surface area contributed by atoms with Gasteiger partial charge in [0.1, 0.15) is 19.0 Å². The Morgan fingerprint density at radius 2 is 1.85 bits per heavy atom. The molecule has 1 aromatic heterocycles. The van der Waals surface area contributed by atoms with Crippen molar-refractivity contribution >= 4 is 35.2 Å². The summed E-state index contributed by atoms with van der Waals surface area (Å²) < 4.78 is 11.0. The van der Waals surface area contributed by atoms with Crippen molar-refractivity contribution in [3.8, 4) is 11.5 Å². The van der Waals surface area contributed by atoms with Gasteiger partial charge in [-0.05, 0) is 25.0 Å². The van der Waals surface area contributed by atoms with E-state index in [4.69, 9.17) is 15.2 Å². The maximum Gasteiger partial charge on any atom is 0.258 e. The van der Waals surface area contributed by atoms with Crippen LogP contribution in [0.15, 0.2) is 23.0 Å². The Morgan fingerprint density at radius 1 is 1.12 bits per heavy atom. The highest BCUT2D eigenvalue weighted by molar-refractivity contribution is 6.04. The van der Waals surface area contributed by atoms with Crippen LogP contribution in [0.4, 0.5) is 17.5 Å². The lowest BCUT2D eigenvalue weighted by Gasteiger charge is -2.32. The summed E-state index contributed by atoms with van der Waals surface area (Å²) in [5, 5.41) is 5.36. The van der Waals surface area contributed by atoms with E-state index in [1.165, 1.54) is 0 Å². The number of nitrogens with two attached hydrogens (primary N) is 1. The lowest BCUT2D eigenvalue weighted by molar-refractivity contribution is -0.123. The van der Waals surface area contributed by atoms with E-state index in [0.717, 1.165) is 0 Å². The fourth-order valence-electron chi connectivity index (χ4n) is 4.46. The van der Waals surface area contributed by atoms with Crippen molar-refractivity contribution in [2.45, 2.75) is 25.2 Å². The molecule has 34 heavy (non-hydrogen) atoms. The zero-order valence-corrected chi connectivity index (χ0v) is 18.3. The zero-order valence-electron chi connectivity index (χ0n) is 18.3. The number of nitrogens with zero attached hydrogens (tertiary/aromatic N) is 2. The molecule has 1 saturated heterocycles. The predicted octanol–water partition coefficient (Wildman–Crippen LogP) is 0.307. The smallest absolute Gasteiger partial charge is 0.258 e. The Balaban J connectivity index is 1.38. The molecule has 0 saturated carbocycles. The second kappa shape index (κ2) is 8.69. The quantitative estimate of drug-likeness (QED) is 0.497. The molecule has 5 N–H and O–H groups in total. The van der Waals surface area contributed by atoms with Gasteiger partial charge in [-0.3, -0.25) is 24.2 Å². The van der Waals surface area contributed by atoms with Crippen molar-refractivity contribution in [1.82, 2.24) is 9.97 Å². The first kappa shape index (κ1) is 21.7. The number of benzene rings is 1. The number of carbonyl (C=O) groups is 3. The molecule has 1 fully saturated rings. The molecule has 3 aliphatic rings. The first-order valence-electron chi connectivity index (χ1n) is 11.1. The minimum Gasteiger partial charge on any atom is -0.486 e. The molecular weight excluding hydrogens is 444 g/mol. The number of ether oxygens (including phenoxy) is 2. The molecule has 5 rings (SSSR count). The number of aromatic amines is 1. The molecule has 3 aliphatic heterocycles. The molecule has 1 aromatic carbocycles. The van der Waals surface area contributed by atoms with Gasteiger partial charge in [0.15, 0.2) is 11.5 Å². The number of primary amides is 1. The van der Waals surface area contributed by atoms with Gasteiger partial charge in [0, 0.05) is 37.2 Å². The van der Waals surface area contributed by atoms with Gasteiger partial charge in [0.05, 0.1) is 11.5 Å². The number of amides is 3. The predicted molar refractivity (Wildman–Crippen MR) is 121 cm³/mol. The monoisotopic (exact) mass is 468 g/mol. The summed E-state index contributed by atoms with van der Waals surface area (Å²) in [6.07, 6.45) is 0.906. The summed E-state index contributed by atoms with van der Waals surface area (Å²) in [4.78, 5) is 58.8. The fourth-order valence-corrected chi connectivity index (χ4v) is 4.46. The van der Waals surface area contributed by atoms with Gasteiger partial charge in [0.25, 0.3) is 5.56 Å². The number of H-pyrrole nitrogens is 1. The second-order valence-corrected chi connectivity index (χ2v) is 8.47. The highest BCUT2D eigenvalue weighted by Crippen LogP contribution is 2.34. The molecule has 0 aliphatic carbocycles. The molecule has 0 radical (unpaired) electrons. The van der Waals surface area contributed by atoms with Gasteiger partial charge in [-0.1, -0.05) is 0 Å². The molecule has 12 heteroatoms. The Bertz CT molecular complexity index is 1220. The maximum atomic E-state index is 13.1. The molecule has 2 aromatic rings. The van der Waals surface area contributed by atoms with Gasteiger partial charge in [-0.15, -0.1) is 0 Å². The molecule has 0 bridgehead atoms. The molecule has 178 valence electrons. The third kappa shape index (κ3) is 4.14. The van der Waals surface area contributed by atoms with Crippen LogP contribution < -0.4 is 36.3 Å². The lowest BCUT2D eigenvalue weighted by Crippen LogP contribution is -2.41. The van der Waals surface area contributed by atoms with E-state index in [1.54, 1.807) is 18.2 Å². The van der Waals surface area contributed by atoms with E-state index in [2.05, 4.69) is 20.6 Å². The van der Waals surface area contributed by atoms with Crippen LogP contribution in [0.25, 0.3) is 0 Å². The van der Waals surface area contributed by atoms with E-state index in [-0.39, 0.29) is 35.6 Å². The average Bonchev–Trinajstić information content (AvgIpc) is 2.83. The highest BCUT2D eigenvalue weighted by atomic mass is 16.6. The summed E-state index contributed by atoms with van der Waals surface area (Å²) in [5.41, 5.74) is 5.44. The first-order chi connectivity index (χ1) is 16.4. The summed E-state index contributed by atoms with van der Waals surface area (Å²) in [6.45, 7) is 1.83. The third-order valence-electron chi connectivity index (χ3n) is 6.26. The van der Waals surface area contributed by atoms with Gasteiger partial charge in [-0.25, -0.2) is 0 Å². The van der Waals surface area contributed by atoms with Gasteiger partial charge < -0.3 is 30.7 Å². The van der Waals surface area contributed by atoms with Crippen LogP contribution in [0.2, 0.25) is 0 Å². The van der Waals surface area contributed by atoms with E-state index in [1.807, 2.05) is 4.90 Å². The van der Waals surface area contributed by atoms with Crippen molar-refractivity contribution in [3.05, 3.63) is 34.1 Å². The average molecular weight is 468 g/mol. The molecular formula is C22H24N6O6. The number of anilines is 3. The minimum atomic E-state index is -1.01. The van der Waals surface area contributed by atoms with E-state index in [0.29, 0.717) is 56.3 Å². The van der Waals surface area contributed by atoms with Crippen molar-refractivity contribution in [2.24, 2.45) is 11.7 Å². The van der Waals surface area contributed by atoms with Gasteiger partial charge in [-0.2, -0.15) is 4.98 Å². The van der Waals surface area contributed by atoms with E-state index >= 15 is 0 Å². The van der Waals surface area contributed by atoms with Crippen LogP contribution in [0.1, 0.15) is 30.7 Å². The Hall–Kier alpha value is -4.09. The molecule has 1 atom stereocenters. The number of hydrogen-bond donors (Lipinski definition) is 4. The summed E-state index contributed by atoms with van der Waals surface area (Å²) in [6, 6.07) is 4.99.